The summed E-state index contributed by atoms with van der Waals surface area (Å²) in [6.07, 6.45) is 0. The molecule has 2 aromatic rings. The van der Waals surface area contributed by atoms with E-state index in [0.717, 1.165) is 0 Å². The van der Waals surface area contributed by atoms with Crippen molar-refractivity contribution in [2.75, 3.05) is 18.9 Å². The highest BCUT2D eigenvalue weighted by Gasteiger charge is 2.08. The number of amides is 1. The summed E-state index contributed by atoms with van der Waals surface area (Å²) in [5, 5.41) is 12.2. The number of phenols is 1. The van der Waals surface area contributed by atoms with Gasteiger partial charge in [-0.3, -0.25) is 4.79 Å². The second-order valence-corrected chi connectivity index (χ2v) is 4.19. The number of aromatic hydroxyl groups is 1. The minimum Gasteiger partial charge on any atom is -0.507 e. The zero-order valence-corrected chi connectivity index (χ0v) is 10.9. The highest BCUT2D eigenvalue weighted by molar-refractivity contribution is 5.96. The van der Waals surface area contributed by atoms with E-state index in [1.807, 2.05) is 0 Å². The average Bonchev–Trinajstić information content (AvgIpc) is 2.46. The molecule has 1 amide bonds. The highest BCUT2D eigenvalue weighted by Crippen LogP contribution is 2.15. The lowest BCUT2D eigenvalue weighted by molar-refractivity contribution is 0.0944. The SMILES string of the molecule is Nc1ccc(OCCNC(=O)c2ccccc2O)cc1. The molecule has 0 radical (unpaired) electrons. The Morgan fingerprint density at radius 2 is 1.85 bits per heavy atom. The van der Waals surface area contributed by atoms with Gasteiger partial charge in [0.2, 0.25) is 0 Å². The van der Waals surface area contributed by atoms with E-state index >= 15 is 0 Å². The van der Waals surface area contributed by atoms with Gasteiger partial charge >= 0.3 is 0 Å². The summed E-state index contributed by atoms with van der Waals surface area (Å²) in [5.41, 5.74) is 6.49. The van der Waals surface area contributed by atoms with Crippen LogP contribution in [0.5, 0.6) is 11.5 Å². The van der Waals surface area contributed by atoms with Crippen LogP contribution in [0.4, 0.5) is 5.69 Å². The molecule has 0 fully saturated rings. The van der Waals surface area contributed by atoms with Crippen molar-refractivity contribution in [3.63, 3.8) is 0 Å². The standard InChI is InChI=1S/C15H16N2O3/c16-11-5-7-12(8-6-11)20-10-9-17-15(19)13-3-1-2-4-14(13)18/h1-8,18H,9-10,16H2,(H,17,19). The molecule has 5 nitrogen and oxygen atoms in total. The predicted molar refractivity (Wildman–Crippen MR) is 76.8 cm³/mol. The number of rotatable bonds is 5. The van der Waals surface area contributed by atoms with E-state index in [4.69, 9.17) is 10.5 Å². The molecule has 5 heteroatoms. The zero-order valence-electron chi connectivity index (χ0n) is 10.9. The topological polar surface area (TPSA) is 84.6 Å². The van der Waals surface area contributed by atoms with Crippen molar-refractivity contribution >= 4 is 11.6 Å². The Bertz CT molecular complexity index is 582. The highest BCUT2D eigenvalue weighted by atomic mass is 16.5. The van der Waals surface area contributed by atoms with E-state index in [0.29, 0.717) is 24.6 Å². The van der Waals surface area contributed by atoms with Crippen LogP contribution in [0.2, 0.25) is 0 Å². The minimum atomic E-state index is -0.330. The summed E-state index contributed by atoms with van der Waals surface area (Å²) in [6, 6.07) is 13.4. The fourth-order valence-corrected chi connectivity index (χ4v) is 1.66. The lowest BCUT2D eigenvalue weighted by Crippen LogP contribution is -2.28. The van der Waals surface area contributed by atoms with Crippen LogP contribution in [0, 0.1) is 0 Å². The summed E-state index contributed by atoms with van der Waals surface area (Å²) >= 11 is 0. The maximum atomic E-state index is 11.8. The van der Waals surface area contributed by atoms with Gasteiger partial charge in [-0.05, 0) is 36.4 Å². The fraction of sp³-hybridized carbons (Fsp3) is 0.133. The monoisotopic (exact) mass is 272 g/mol. The Labute approximate surface area is 117 Å². The normalized spacial score (nSPS) is 10.0. The molecule has 20 heavy (non-hydrogen) atoms. The second kappa shape index (κ2) is 6.47. The first-order chi connectivity index (χ1) is 9.66. The van der Waals surface area contributed by atoms with Crippen LogP contribution in [-0.4, -0.2) is 24.2 Å². The number of hydrogen-bond acceptors (Lipinski definition) is 4. The third-order valence-electron chi connectivity index (χ3n) is 2.69. The van der Waals surface area contributed by atoms with Gasteiger partial charge in [0, 0.05) is 5.69 Å². The average molecular weight is 272 g/mol. The van der Waals surface area contributed by atoms with Crippen LogP contribution in [0.25, 0.3) is 0 Å². The van der Waals surface area contributed by atoms with E-state index in [1.165, 1.54) is 6.07 Å². The van der Waals surface area contributed by atoms with Crippen LogP contribution in [0.3, 0.4) is 0 Å². The number of para-hydroxylation sites is 1. The molecule has 0 saturated heterocycles. The van der Waals surface area contributed by atoms with Crippen LogP contribution >= 0.6 is 0 Å². The number of ether oxygens (including phenoxy) is 1. The summed E-state index contributed by atoms with van der Waals surface area (Å²) in [4.78, 5) is 11.8. The summed E-state index contributed by atoms with van der Waals surface area (Å²) < 4.78 is 5.44. The molecule has 0 aliphatic rings. The molecule has 0 atom stereocenters. The van der Waals surface area contributed by atoms with E-state index in [-0.39, 0.29) is 17.2 Å². The van der Waals surface area contributed by atoms with Gasteiger partial charge in [-0.1, -0.05) is 12.1 Å². The van der Waals surface area contributed by atoms with Gasteiger partial charge in [-0.15, -0.1) is 0 Å². The Hall–Kier alpha value is -2.69. The molecule has 0 spiro atoms. The molecule has 0 aliphatic heterocycles. The zero-order chi connectivity index (χ0) is 14.4. The third-order valence-corrected chi connectivity index (χ3v) is 2.69. The van der Waals surface area contributed by atoms with Gasteiger partial charge in [0.1, 0.15) is 18.1 Å². The summed E-state index contributed by atoms with van der Waals surface area (Å²) in [6.45, 7) is 0.681. The third kappa shape index (κ3) is 3.65. The van der Waals surface area contributed by atoms with Gasteiger partial charge in [0.05, 0.1) is 12.1 Å². The quantitative estimate of drug-likeness (QED) is 0.572. The number of nitrogens with two attached hydrogens (primary N) is 1. The number of carbonyl (C=O) groups is 1. The van der Waals surface area contributed by atoms with Crippen LogP contribution in [0.15, 0.2) is 48.5 Å². The van der Waals surface area contributed by atoms with E-state index in [1.54, 1.807) is 42.5 Å². The van der Waals surface area contributed by atoms with Gasteiger partial charge < -0.3 is 20.9 Å². The molecule has 0 bridgehead atoms. The van der Waals surface area contributed by atoms with E-state index in [9.17, 15) is 9.90 Å². The molecule has 0 aliphatic carbocycles. The Kier molecular flexibility index (Phi) is 4.44. The first kappa shape index (κ1) is 13.7. The molecule has 0 saturated carbocycles. The van der Waals surface area contributed by atoms with Crippen molar-refractivity contribution in [1.82, 2.24) is 5.32 Å². The van der Waals surface area contributed by atoms with Crippen molar-refractivity contribution in [2.45, 2.75) is 0 Å². The molecule has 0 heterocycles. The van der Waals surface area contributed by atoms with Gasteiger partial charge in [0.25, 0.3) is 5.91 Å². The maximum absolute atomic E-state index is 11.8. The molecule has 0 aromatic heterocycles. The molecule has 4 N–H and O–H groups in total. The van der Waals surface area contributed by atoms with Crippen molar-refractivity contribution in [2.24, 2.45) is 0 Å². The second-order valence-electron chi connectivity index (χ2n) is 4.19. The minimum absolute atomic E-state index is 0.0375. The van der Waals surface area contributed by atoms with Crippen LogP contribution in [0.1, 0.15) is 10.4 Å². The first-order valence-electron chi connectivity index (χ1n) is 6.21. The number of nitrogen functional groups attached to an aromatic ring is 1. The number of phenolic OH excluding ortho intramolecular Hbond substituents is 1. The smallest absolute Gasteiger partial charge is 0.255 e. The summed E-state index contributed by atoms with van der Waals surface area (Å²) in [5.74, 6) is 0.324. The van der Waals surface area contributed by atoms with E-state index in [2.05, 4.69) is 5.32 Å². The summed E-state index contributed by atoms with van der Waals surface area (Å²) in [7, 11) is 0. The fourth-order valence-electron chi connectivity index (χ4n) is 1.66. The molecular weight excluding hydrogens is 256 g/mol. The predicted octanol–water partition coefficient (Wildman–Crippen LogP) is 1.78. The van der Waals surface area contributed by atoms with Crippen molar-refractivity contribution in [3.05, 3.63) is 54.1 Å². The number of hydrogen-bond donors (Lipinski definition) is 3. The molecular formula is C15H16N2O3. The number of carbonyl (C=O) groups excluding carboxylic acids is 1. The Morgan fingerprint density at radius 3 is 2.55 bits per heavy atom. The largest absolute Gasteiger partial charge is 0.507 e. The van der Waals surface area contributed by atoms with Crippen molar-refractivity contribution in [1.29, 1.82) is 0 Å². The van der Waals surface area contributed by atoms with Crippen molar-refractivity contribution < 1.29 is 14.6 Å². The Balaban J connectivity index is 1.77. The lowest BCUT2D eigenvalue weighted by atomic mass is 10.2. The first-order valence-corrected chi connectivity index (χ1v) is 6.21. The van der Waals surface area contributed by atoms with Gasteiger partial charge in [-0.2, -0.15) is 0 Å². The number of benzene rings is 2. The van der Waals surface area contributed by atoms with Gasteiger partial charge in [-0.25, -0.2) is 0 Å². The lowest BCUT2D eigenvalue weighted by Gasteiger charge is -2.08. The van der Waals surface area contributed by atoms with Crippen LogP contribution in [-0.2, 0) is 0 Å². The molecule has 0 unspecified atom stereocenters. The number of anilines is 1. The maximum Gasteiger partial charge on any atom is 0.255 e. The van der Waals surface area contributed by atoms with Crippen molar-refractivity contribution in [3.8, 4) is 11.5 Å². The molecule has 2 aromatic carbocycles. The van der Waals surface area contributed by atoms with Gasteiger partial charge in [0.15, 0.2) is 0 Å². The Morgan fingerprint density at radius 1 is 1.15 bits per heavy atom. The van der Waals surface area contributed by atoms with Crippen LogP contribution < -0.4 is 15.8 Å². The molecule has 2 rings (SSSR count). The van der Waals surface area contributed by atoms with E-state index < -0.39 is 0 Å². The number of nitrogens with one attached hydrogen (secondary N) is 1. The molecule has 104 valence electrons.